The number of aryl methyl sites for hydroxylation is 1. The molecule has 0 spiro atoms. The van der Waals surface area contributed by atoms with E-state index < -0.39 is 0 Å². The minimum atomic E-state index is -0.0106. The summed E-state index contributed by atoms with van der Waals surface area (Å²) in [4.78, 5) is 7.66. The van der Waals surface area contributed by atoms with E-state index in [1.807, 2.05) is 20.8 Å². The summed E-state index contributed by atoms with van der Waals surface area (Å²) in [6, 6.07) is 1.75. The number of aliphatic hydroxyl groups excluding tert-OH is 1. The van der Waals surface area contributed by atoms with Crippen molar-refractivity contribution < 1.29 is 5.11 Å². The van der Waals surface area contributed by atoms with E-state index in [0.717, 1.165) is 5.69 Å². The molecule has 0 saturated heterocycles. The van der Waals surface area contributed by atoms with Crippen molar-refractivity contribution in [2.24, 2.45) is 0 Å². The van der Waals surface area contributed by atoms with Crippen LogP contribution in [0.3, 0.4) is 0 Å². The molecule has 1 N–H and O–H groups in total. The lowest BCUT2D eigenvalue weighted by atomic mass is 10.3. The molecule has 0 fully saturated rings. The molecule has 0 radical (unpaired) electrons. The fourth-order valence-electron chi connectivity index (χ4n) is 0.596. The summed E-state index contributed by atoms with van der Waals surface area (Å²) in [5.41, 5.74) is 1.55. The third kappa shape index (κ3) is 3.68. The summed E-state index contributed by atoms with van der Waals surface area (Å²) in [6.45, 7) is 5.85. The number of hydrogen-bond donors (Lipinski definition) is 1. The van der Waals surface area contributed by atoms with Gasteiger partial charge in [0.05, 0.1) is 12.3 Å². The second kappa shape index (κ2) is 5.80. The zero-order chi connectivity index (χ0) is 8.69. The highest BCUT2D eigenvalue weighted by molar-refractivity contribution is 5.04. The predicted molar refractivity (Wildman–Crippen MR) is 44.0 cm³/mol. The Hall–Kier alpha value is -0.960. The van der Waals surface area contributed by atoms with Crippen molar-refractivity contribution in [2.75, 3.05) is 0 Å². The third-order valence-corrected chi connectivity index (χ3v) is 1.02. The normalized spacial score (nSPS) is 8.36. The van der Waals surface area contributed by atoms with Crippen molar-refractivity contribution in [3.63, 3.8) is 0 Å². The summed E-state index contributed by atoms with van der Waals surface area (Å²) in [6.07, 6.45) is 1.45. The van der Waals surface area contributed by atoms with Crippen LogP contribution in [0.5, 0.6) is 0 Å². The molecule has 3 heteroatoms. The molecule has 0 aliphatic heterocycles. The van der Waals surface area contributed by atoms with Crippen molar-refractivity contribution in [3.05, 3.63) is 23.8 Å². The average Bonchev–Trinajstić information content (AvgIpc) is 2.08. The lowest BCUT2D eigenvalue weighted by Crippen LogP contribution is -1.90. The van der Waals surface area contributed by atoms with Crippen LogP contribution in [0.2, 0.25) is 0 Å². The van der Waals surface area contributed by atoms with Gasteiger partial charge in [0, 0.05) is 5.69 Å². The molecule has 0 aliphatic carbocycles. The maximum Gasteiger partial charge on any atom is 0.116 e. The number of aliphatic hydroxyl groups is 1. The molecular formula is C8H14N2O. The predicted octanol–water partition coefficient (Wildman–Crippen LogP) is 1.30. The van der Waals surface area contributed by atoms with Gasteiger partial charge in [-0.05, 0) is 13.0 Å². The van der Waals surface area contributed by atoms with Gasteiger partial charge < -0.3 is 5.11 Å². The third-order valence-electron chi connectivity index (χ3n) is 1.02. The number of hydrogen-bond acceptors (Lipinski definition) is 3. The highest BCUT2D eigenvalue weighted by Gasteiger charge is 1.89. The van der Waals surface area contributed by atoms with E-state index in [2.05, 4.69) is 9.97 Å². The van der Waals surface area contributed by atoms with Crippen LogP contribution in [-0.2, 0) is 6.61 Å². The molecule has 3 nitrogen and oxygen atoms in total. The Morgan fingerprint density at radius 1 is 1.36 bits per heavy atom. The Kier molecular flexibility index (Phi) is 5.29. The van der Waals surface area contributed by atoms with Gasteiger partial charge in [-0.3, -0.25) is 0 Å². The largest absolute Gasteiger partial charge is 0.390 e. The fraction of sp³-hybridized carbons (Fsp3) is 0.500. The maximum atomic E-state index is 8.57. The van der Waals surface area contributed by atoms with Crippen LogP contribution in [0.25, 0.3) is 0 Å². The Labute approximate surface area is 67.1 Å². The van der Waals surface area contributed by atoms with Gasteiger partial charge in [-0.2, -0.15) is 0 Å². The number of rotatable bonds is 1. The van der Waals surface area contributed by atoms with Crippen LogP contribution in [-0.4, -0.2) is 15.1 Å². The van der Waals surface area contributed by atoms with Crippen molar-refractivity contribution in [2.45, 2.75) is 27.4 Å². The Bertz CT molecular complexity index is 201. The van der Waals surface area contributed by atoms with E-state index in [4.69, 9.17) is 5.11 Å². The van der Waals surface area contributed by atoms with Crippen LogP contribution in [0.15, 0.2) is 12.4 Å². The van der Waals surface area contributed by atoms with E-state index in [1.165, 1.54) is 6.33 Å². The number of aromatic nitrogens is 2. The SMILES string of the molecule is CC.Cc1cc(CO)ncn1. The molecule has 1 heterocycles. The molecular weight excluding hydrogens is 140 g/mol. The summed E-state index contributed by atoms with van der Waals surface area (Å²) < 4.78 is 0. The zero-order valence-corrected chi connectivity index (χ0v) is 7.20. The van der Waals surface area contributed by atoms with E-state index in [0.29, 0.717) is 5.69 Å². The smallest absolute Gasteiger partial charge is 0.116 e. The van der Waals surface area contributed by atoms with Gasteiger partial charge in [0.25, 0.3) is 0 Å². The van der Waals surface area contributed by atoms with Gasteiger partial charge in [-0.25, -0.2) is 9.97 Å². The fourth-order valence-corrected chi connectivity index (χ4v) is 0.596. The first kappa shape index (κ1) is 10.0. The topological polar surface area (TPSA) is 46.0 Å². The van der Waals surface area contributed by atoms with Crippen LogP contribution in [0.1, 0.15) is 25.2 Å². The minimum absolute atomic E-state index is 0.0106. The Morgan fingerprint density at radius 3 is 2.36 bits per heavy atom. The second-order valence-corrected chi connectivity index (χ2v) is 1.81. The standard InChI is InChI=1S/C6H8N2O.C2H6/c1-5-2-6(3-9)8-4-7-5;1-2/h2,4,9H,3H2,1H3;1-2H3. The van der Waals surface area contributed by atoms with Crippen LogP contribution < -0.4 is 0 Å². The first-order chi connectivity index (χ1) is 5.33. The second-order valence-electron chi connectivity index (χ2n) is 1.81. The quantitative estimate of drug-likeness (QED) is 0.663. The summed E-state index contributed by atoms with van der Waals surface area (Å²) in [5, 5.41) is 8.57. The summed E-state index contributed by atoms with van der Waals surface area (Å²) in [7, 11) is 0. The molecule has 62 valence electrons. The van der Waals surface area contributed by atoms with Gasteiger partial charge in [0.2, 0.25) is 0 Å². The summed E-state index contributed by atoms with van der Waals surface area (Å²) >= 11 is 0. The molecule has 0 saturated carbocycles. The molecule has 1 rings (SSSR count). The van der Waals surface area contributed by atoms with Crippen molar-refractivity contribution >= 4 is 0 Å². The first-order valence-corrected chi connectivity index (χ1v) is 3.71. The van der Waals surface area contributed by atoms with Crippen molar-refractivity contribution in [1.29, 1.82) is 0 Å². The molecule has 0 bridgehead atoms. The monoisotopic (exact) mass is 154 g/mol. The van der Waals surface area contributed by atoms with Crippen LogP contribution in [0.4, 0.5) is 0 Å². The molecule has 0 aliphatic rings. The Morgan fingerprint density at radius 2 is 2.00 bits per heavy atom. The van der Waals surface area contributed by atoms with E-state index in [9.17, 15) is 0 Å². The molecule has 0 unspecified atom stereocenters. The number of nitrogens with zero attached hydrogens (tertiary/aromatic N) is 2. The van der Waals surface area contributed by atoms with Crippen LogP contribution >= 0.6 is 0 Å². The van der Waals surface area contributed by atoms with Gasteiger partial charge in [0.15, 0.2) is 0 Å². The highest BCUT2D eigenvalue weighted by Crippen LogP contribution is 1.94. The molecule has 0 atom stereocenters. The lowest BCUT2D eigenvalue weighted by Gasteiger charge is -1.93. The molecule has 1 aromatic heterocycles. The van der Waals surface area contributed by atoms with Crippen molar-refractivity contribution in [3.8, 4) is 0 Å². The van der Waals surface area contributed by atoms with E-state index >= 15 is 0 Å². The highest BCUT2D eigenvalue weighted by atomic mass is 16.3. The first-order valence-electron chi connectivity index (χ1n) is 3.71. The van der Waals surface area contributed by atoms with Gasteiger partial charge in [0.1, 0.15) is 6.33 Å². The van der Waals surface area contributed by atoms with Gasteiger partial charge in [-0.1, -0.05) is 13.8 Å². The van der Waals surface area contributed by atoms with Crippen LogP contribution in [0, 0.1) is 6.92 Å². The maximum absolute atomic E-state index is 8.57. The molecule has 0 amide bonds. The van der Waals surface area contributed by atoms with E-state index in [1.54, 1.807) is 6.07 Å². The lowest BCUT2D eigenvalue weighted by molar-refractivity contribution is 0.276. The zero-order valence-electron chi connectivity index (χ0n) is 7.20. The average molecular weight is 154 g/mol. The van der Waals surface area contributed by atoms with Crippen molar-refractivity contribution in [1.82, 2.24) is 9.97 Å². The summed E-state index contributed by atoms with van der Waals surface area (Å²) in [5.74, 6) is 0. The molecule has 11 heavy (non-hydrogen) atoms. The Balaban J connectivity index is 0.000000461. The minimum Gasteiger partial charge on any atom is -0.390 e. The van der Waals surface area contributed by atoms with Gasteiger partial charge >= 0.3 is 0 Å². The van der Waals surface area contributed by atoms with Gasteiger partial charge in [-0.15, -0.1) is 0 Å². The molecule has 1 aromatic rings. The van der Waals surface area contributed by atoms with E-state index in [-0.39, 0.29) is 6.61 Å². The molecule has 0 aromatic carbocycles.